The summed E-state index contributed by atoms with van der Waals surface area (Å²) in [6, 6.07) is 23.7. The molecule has 1 saturated heterocycles. The van der Waals surface area contributed by atoms with E-state index >= 15 is 0 Å². The second-order valence-electron chi connectivity index (χ2n) is 8.20. The number of benzene rings is 3. The number of carbonyl (C=O) groups is 2. The third-order valence-corrected chi connectivity index (χ3v) is 5.94. The van der Waals surface area contributed by atoms with Gasteiger partial charge in [0, 0.05) is 25.2 Å². The molecule has 0 unspecified atom stereocenters. The first kappa shape index (κ1) is 21.6. The minimum atomic E-state index is -0.321. The molecule has 1 fully saturated rings. The molecular formula is C27H28N2O3. The summed E-state index contributed by atoms with van der Waals surface area (Å²) in [5.74, 6) is 0.226. The van der Waals surface area contributed by atoms with Crippen LogP contribution in [0.15, 0.2) is 72.8 Å². The number of methoxy groups -OCH3 is 1. The van der Waals surface area contributed by atoms with Gasteiger partial charge in [0.05, 0.1) is 13.0 Å². The van der Waals surface area contributed by atoms with E-state index in [9.17, 15) is 9.59 Å². The Morgan fingerprint density at radius 2 is 1.84 bits per heavy atom. The second-order valence-corrected chi connectivity index (χ2v) is 8.20. The fourth-order valence-corrected chi connectivity index (χ4v) is 4.16. The molecule has 1 N–H and O–H groups in total. The molecule has 0 spiro atoms. The summed E-state index contributed by atoms with van der Waals surface area (Å²) < 4.78 is 5.26. The zero-order chi connectivity index (χ0) is 22.5. The van der Waals surface area contributed by atoms with Crippen molar-refractivity contribution in [2.75, 3.05) is 26.7 Å². The van der Waals surface area contributed by atoms with Crippen LogP contribution in [0.2, 0.25) is 0 Å². The monoisotopic (exact) mass is 428 g/mol. The minimum absolute atomic E-state index is 0.00958. The van der Waals surface area contributed by atoms with Gasteiger partial charge in [0.1, 0.15) is 5.75 Å². The maximum atomic E-state index is 13.2. The van der Waals surface area contributed by atoms with Gasteiger partial charge in [-0.25, -0.2) is 0 Å². The first-order chi connectivity index (χ1) is 15.5. The summed E-state index contributed by atoms with van der Waals surface area (Å²) in [4.78, 5) is 27.8. The van der Waals surface area contributed by atoms with E-state index in [1.54, 1.807) is 24.1 Å². The number of hydrogen-bond donors (Lipinski definition) is 1. The standard InChI is InChI=1S/C27H28N2O3/c1-19-10-12-20(13-11-19)25-9-4-3-6-21(25)16-23-18-29(15-14-28-26(23)30)27(31)22-7-5-8-24(17-22)32-2/h3-13,17,23H,14-16,18H2,1-2H3,(H,28,30)/t23-/m0/s1. The van der Waals surface area contributed by atoms with Gasteiger partial charge < -0.3 is 15.0 Å². The lowest BCUT2D eigenvalue weighted by molar-refractivity contribution is -0.124. The highest BCUT2D eigenvalue weighted by Crippen LogP contribution is 2.27. The van der Waals surface area contributed by atoms with Crippen molar-refractivity contribution in [2.45, 2.75) is 13.3 Å². The molecule has 1 atom stereocenters. The first-order valence-corrected chi connectivity index (χ1v) is 10.9. The van der Waals surface area contributed by atoms with Crippen molar-refractivity contribution >= 4 is 11.8 Å². The molecule has 3 aromatic carbocycles. The first-order valence-electron chi connectivity index (χ1n) is 10.9. The van der Waals surface area contributed by atoms with Crippen LogP contribution in [-0.4, -0.2) is 43.5 Å². The van der Waals surface area contributed by atoms with Gasteiger partial charge in [-0.15, -0.1) is 0 Å². The zero-order valence-corrected chi connectivity index (χ0v) is 18.5. The van der Waals surface area contributed by atoms with Crippen molar-refractivity contribution in [2.24, 2.45) is 5.92 Å². The van der Waals surface area contributed by atoms with Gasteiger partial charge in [-0.1, -0.05) is 60.2 Å². The zero-order valence-electron chi connectivity index (χ0n) is 18.5. The van der Waals surface area contributed by atoms with E-state index in [1.165, 1.54) is 5.56 Å². The second kappa shape index (κ2) is 9.69. The van der Waals surface area contributed by atoms with Crippen molar-refractivity contribution in [3.05, 3.63) is 89.5 Å². The molecule has 3 aromatic rings. The van der Waals surface area contributed by atoms with Gasteiger partial charge in [0.25, 0.3) is 5.91 Å². The van der Waals surface area contributed by atoms with E-state index < -0.39 is 0 Å². The Labute approximate surface area is 189 Å². The summed E-state index contributed by atoms with van der Waals surface area (Å²) in [6.07, 6.45) is 0.567. The van der Waals surface area contributed by atoms with Crippen molar-refractivity contribution in [1.82, 2.24) is 10.2 Å². The lowest BCUT2D eigenvalue weighted by atomic mass is 9.91. The lowest BCUT2D eigenvalue weighted by Crippen LogP contribution is -2.37. The number of ether oxygens (including phenoxy) is 1. The van der Waals surface area contributed by atoms with Crippen LogP contribution in [0.3, 0.4) is 0 Å². The van der Waals surface area contributed by atoms with Crippen LogP contribution in [0.5, 0.6) is 5.75 Å². The molecule has 1 aliphatic heterocycles. The number of amides is 2. The number of aryl methyl sites for hydroxylation is 1. The van der Waals surface area contributed by atoms with Gasteiger partial charge in [0.15, 0.2) is 0 Å². The SMILES string of the molecule is COc1cccc(C(=O)N2CCNC(=O)[C@@H](Cc3ccccc3-c3ccc(C)cc3)C2)c1. The molecule has 1 aliphatic rings. The third kappa shape index (κ3) is 4.83. The largest absolute Gasteiger partial charge is 0.497 e. The molecule has 0 aliphatic carbocycles. The highest BCUT2D eigenvalue weighted by atomic mass is 16.5. The van der Waals surface area contributed by atoms with Crippen LogP contribution >= 0.6 is 0 Å². The highest BCUT2D eigenvalue weighted by molar-refractivity contribution is 5.95. The average Bonchev–Trinajstić information content (AvgIpc) is 3.01. The normalized spacial score (nSPS) is 16.2. The molecule has 5 nitrogen and oxygen atoms in total. The Bertz CT molecular complexity index is 1110. The van der Waals surface area contributed by atoms with Gasteiger partial charge in [-0.2, -0.15) is 0 Å². The molecule has 32 heavy (non-hydrogen) atoms. The molecule has 164 valence electrons. The third-order valence-electron chi connectivity index (χ3n) is 5.94. The summed E-state index contributed by atoms with van der Waals surface area (Å²) >= 11 is 0. The molecule has 1 heterocycles. The number of carbonyl (C=O) groups excluding carboxylic acids is 2. The van der Waals surface area contributed by atoms with Crippen LogP contribution in [0.1, 0.15) is 21.5 Å². The van der Waals surface area contributed by atoms with E-state index in [0.717, 1.165) is 16.7 Å². The quantitative estimate of drug-likeness (QED) is 0.666. The average molecular weight is 429 g/mol. The van der Waals surface area contributed by atoms with E-state index in [1.807, 2.05) is 24.3 Å². The number of rotatable bonds is 5. The van der Waals surface area contributed by atoms with Crippen LogP contribution < -0.4 is 10.1 Å². The van der Waals surface area contributed by atoms with Gasteiger partial charge in [0.2, 0.25) is 5.91 Å². The van der Waals surface area contributed by atoms with Crippen molar-refractivity contribution in [3.8, 4) is 16.9 Å². The van der Waals surface area contributed by atoms with Crippen LogP contribution in [0.4, 0.5) is 0 Å². The smallest absolute Gasteiger partial charge is 0.254 e. The molecule has 0 aromatic heterocycles. The molecular weight excluding hydrogens is 400 g/mol. The van der Waals surface area contributed by atoms with Crippen molar-refractivity contribution in [1.29, 1.82) is 0 Å². The molecule has 0 bridgehead atoms. The van der Waals surface area contributed by atoms with Crippen LogP contribution in [-0.2, 0) is 11.2 Å². The topological polar surface area (TPSA) is 58.6 Å². The predicted octanol–water partition coefficient (Wildman–Crippen LogP) is 4.10. The molecule has 4 rings (SSSR count). The van der Waals surface area contributed by atoms with Crippen LogP contribution in [0.25, 0.3) is 11.1 Å². The van der Waals surface area contributed by atoms with E-state index in [4.69, 9.17) is 4.74 Å². The van der Waals surface area contributed by atoms with Gasteiger partial charge >= 0.3 is 0 Å². The summed E-state index contributed by atoms with van der Waals surface area (Å²) in [6.45, 7) is 3.38. The number of hydrogen-bond acceptors (Lipinski definition) is 3. The fourth-order valence-electron chi connectivity index (χ4n) is 4.16. The van der Waals surface area contributed by atoms with Crippen LogP contribution in [0, 0.1) is 12.8 Å². The Balaban J connectivity index is 1.57. The Hall–Kier alpha value is -3.60. The highest BCUT2D eigenvalue weighted by Gasteiger charge is 2.29. The Kier molecular flexibility index (Phi) is 6.55. The summed E-state index contributed by atoms with van der Waals surface area (Å²) in [7, 11) is 1.58. The van der Waals surface area contributed by atoms with Crippen molar-refractivity contribution in [3.63, 3.8) is 0 Å². The van der Waals surface area contributed by atoms with Gasteiger partial charge in [-0.3, -0.25) is 9.59 Å². The molecule has 2 amide bonds. The number of nitrogens with one attached hydrogen (secondary N) is 1. The van der Waals surface area contributed by atoms with Gasteiger partial charge in [-0.05, 0) is 48.2 Å². The molecule has 0 saturated carbocycles. The fraction of sp³-hybridized carbons (Fsp3) is 0.259. The lowest BCUT2D eigenvalue weighted by Gasteiger charge is -2.24. The molecule has 0 radical (unpaired) electrons. The Morgan fingerprint density at radius 1 is 1.06 bits per heavy atom. The predicted molar refractivity (Wildman–Crippen MR) is 126 cm³/mol. The van der Waals surface area contributed by atoms with E-state index in [-0.39, 0.29) is 17.7 Å². The Morgan fingerprint density at radius 3 is 2.62 bits per heavy atom. The van der Waals surface area contributed by atoms with E-state index in [2.05, 4.69) is 48.6 Å². The summed E-state index contributed by atoms with van der Waals surface area (Å²) in [5.41, 5.74) is 5.13. The molecule has 5 heteroatoms. The van der Waals surface area contributed by atoms with E-state index in [0.29, 0.717) is 37.4 Å². The summed E-state index contributed by atoms with van der Waals surface area (Å²) in [5, 5.41) is 2.98. The number of nitrogens with zero attached hydrogens (tertiary/aromatic N) is 1. The maximum Gasteiger partial charge on any atom is 0.254 e. The van der Waals surface area contributed by atoms with Crippen molar-refractivity contribution < 1.29 is 14.3 Å². The maximum absolute atomic E-state index is 13.2. The minimum Gasteiger partial charge on any atom is -0.497 e.